The van der Waals surface area contributed by atoms with Crippen molar-refractivity contribution in [3.63, 3.8) is 0 Å². The van der Waals surface area contributed by atoms with E-state index in [2.05, 4.69) is 0 Å². The largest absolute Gasteiger partial charge is 0.441 e. The minimum absolute atomic E-state index is 0.115. The summed E-state index contributed by atoms with van der Waals surface area (Å²) in [6, 6.07) is -0.831. The number of urea groups is 1. The summed E-state index contributed by atoms with van der Waals surface area (Å²) < 4.78 is 0.824. The van der Waals surface area contributed by atoms with E-state index in [1.165, 1.54) is 0 Å². The molecule has 86 valence electrons. The van der Waals surface area contributed by atoms with Gasteiger partial charge in [-0.2, -0.15) is 8.90 Å². The highest BCUT2D eigenvalue weighted by molar-refractivity contribution is 6.24. The van der Waals surface area contributed by atoms with Gasteiger partial charge < -0.3 is 0 Å². The van der Waals surface area contributed by atoms with Gasteiger partial charge in [0.05, 0.1) is 13.6 Å². The third kappa shape index (κ3) is 1.88. The maximum absolute atomic E-state index is 11.9. The van der Waals surface area contributed by atoms with Crippen LogP contribution >= 0.6 is 11.8 Å². The molecule has 0 aliphatic carbocycles. The Bertz CT molecular complexity index is 273. The Balaban J connectivity index is 2.92. The topological polar surface area (TPSA) is 37.4 Å². The summed E-state index contributed by atoms with van der Waals surface area (Å²) in [6.45, 7) is 6.27. The fourth-order valence-corrected chi connectivity index (χ4v) is 2.15. The molecule has 3 amide bonds. The molecular formula is C10H18ClN2O2+. The lowest BCUT2D eigenvalue weighted by atomic mass is 10.1. The summed E-state index contributed by atoms with van der Waals surface area (Å²) in [4.78, 5) is 23.8. The van der Waals surface area contributed by atoms with Gasteiger partial charge in [-0.05, 0) is 13.3 Å². The van der Waals surface area contributed by atoms with Gasteiger partial charge in [0.2, 0.25) is 0 Å². The summed E-state index contributed by atoms with van der Waals surface area (Å²) in [6.07, 6.45) is 0.949. The summed E-state index contributed by atoms with van der Waals surface area (Å²) >= 11 is 5.77. The number of likely N-dealkylation sites (N-methyl/N-ethyl adjacent to an activating group) is 1. The highest BCUT2D eigenvalue weighted by Crippen LogP contribution is 2.27. The molecule has 0 radical (unpaired) electrons. The molecule has 5 heteroatoms. The van der Waals surface area contributed by atoms with Gasteiger partial charge in [0.15, 0.2) is 6.04 Å². The number of quaternary nitrogens is 1. The smallest absolute Gasteiger partial charge is 0.228 e. The zero-order chi connectivity index (χ0) is 11.8. The van der Waals surface area contributed by atoms with E-state index in [-0.39, 0.29) is 16.4 Å². The van der Waals surface area contributed by atoms with Crippen LogP contribution in [0.15, 0.2) is 0 Å². The molecular weight excluding hydrogens is 216 g/mol. The summed E-state index contributed by atoms with van der Waals surface area (Å²) in [7, 11) is 1.65. The maximum Gasteiger partial charge on any atom is 0.441 e. The van der Waals surface area contributed by atoms with Crippen LogP contribution in [0.2, 0.25) is 0 Å². The van der Waals surface area contributed by atoms with Gasteiger partial charge in [-0.25, -0.2) is 9.59 Å². The van der Waals surface area contributed by atoms with Crippen LogP contribution in [0.4, 0.5) is 4.79 Å². The van der Waals surface area contributed by atoms with Crippen molar-refractivity contribution in [2.75, 3.05) is 13.6 Å². The Kier molecular flexibility index (Phi) is 3.41. The SMILES string of the molecule is CCC(C)C[N+]1(C)C(=O)C(C)N(Cl)C1=O. The average Bonchev–Trinajstić information content (AvgIpc) is 2.35. The monoisotopic (exact) mass is 233 g/mol. The Morgan fingerprint density at radius 1 is 1.53 bits per heavy atom. The molecule has 1 aliphatic rings. The third-order valence-electron chi connectivity index (χ3n) is 3.16. The standard InChI is InChI=1S/C10H18ClN2O2/c1-5-7(2)6-13(4)9(14)8(3)12(11)10(13)15/h7-8H,5-6H2,1-4H3/q+1. The number of rotatable bonds is 3. The molecule has 0 bridgehead atoms. The molecule has 1 aliphatic heterocycles. The molecule has 1 heterocycles. The first-order chi connectivity index (χ1) is 6.84. The molecule has 3 atom stereocenters. The molecule has 15 heavy (non-hydrogen) atoms. The summed E-state index contributed by atoms with van der Waals surface area (Å²) in [5.74, 6) is 0.216. The van der Waals surface area contributed by atoms with Crippen LogP contribution in [0, 0.1) is 5.92 Å². The maximum atomic E-state index is 11.9. The number of carbonyl (C=O) groups is 2. The summed E-state index contributed by atoms with van der Waals surface area (Å²) in [5, 5.41) is 0. The van der Waals surface area contributed by atoms with Crippen LogP contribution in [0.25, 0.3) is 0 Å². The van der Waals surface area contributed by atoms with Crippen LogP contribution < -0.4 is 0 Å². The van der Waals surface area contributed by atoms with Gasteiger partial charge >= 0.3 is 11.9 Å². The minimum atomic E-state index is -0.520. The van der Waals surface area contributed by atoms with E-state index in [4.69, 9.17) is 11.8 Å². The predicted molar refractivity (Wildman–Crippen MR) is 58.1 cm³/mol. The Morgan fingerprint density at radius 2 is 2.07 bits per heavy atom. The highest BCUT2D eigenvalue weighted by Gasteiger charge is 2.56. The number of nitrogens with zero attached hydrogens (tertiary/aromatic N) is 2. The lowest BCUT2D eigenvalue weighted by molar-refractivity contribution is -0.751. The lowest BCUT2D eigenvalue weighted by Crippen LogP contribution is -2.52. The van der Waals surface area contributed by atoms with Crippen LogP contribution in [-0.4, -0.2) is 40.5 Å². The van der Waals surface area contributed by atoms with Gasteiger partial charge in [-0.1, -0.05) is 13.8 Å². The first-order valence-electron chi connectivity index (χ1n) is 5.24. The number of amides is 3. The molecule has 0 spiro atoms. The second-order valence-electron chi connectivity index (χ2n) is 4.50. The van der Waals surface area contributed by atoms with E-state index in [9.17, 15) is 9.59 Å². The van der Waals surface area contributed by atoms with Crippen molar-refractivity contribution in [2.45, 2.75) is 33.2 Å². The van der Waals surface area contributed by atoms with Crippen molar-refractivity contribution in [1.29, 1.82) is 0 Å². The zero-order valence-electron chi connectivity index (χ0n) is 9.66. The summed E-state index contributed by atoms with van der Waals surface area (Å²) in [5.41, 5.74) is 0. The third-order valence-corrected chi connectivity index (χ3v) is 3.60. The van der Waals surface area contributed by atoms with Crippen molar-refractivity contribution in [3.8, 4) is 0 Å². The molecule has 1 rings (SSSR count). The van der Waals surface area contributed by atoms with Crippen LogP contribution in [0.3, 0.4) is 0 Å². The van der Waals surface area contributed by atoms with E-state index in [0.717, 1.165) is 10.8 Å². The molecule has 0 N–H and O–H groups in total. The van der Waals surface area contributed by atoms with Gasteiger partial charge in [0, 0.05) is 17.7 Å². The Hall–Kier alpha value is -0.610. The van der Waals surface area contributed by atoms with E-state index in [1.807, 2.05) is 13.8 Å². The van der Waals surface area contributed by atoms with Crippen LogP contribution in [-0.2, 0) is 4.79 Å². The minimum Gasteiger partial charge on any atom is -0.228 e. The van der Waals surface area contributed by atoms with Crippen LogP contribution in [0.1, 0.15) is 27.2 Å². The Labute approximate surface area is 95.5 Å². The number of imide groups is 1. The number of halogens is 1. The van der Waals surface area contributed by atoms with E-state index in [0.29, 0.717) is 12.5 Å². The van der Waals surface area contributed by atoms with Crippen molar-refractivity contribution in [2.24, 2.45) is 5.92 Å². The molecule has 1 fully saturated rings. The first-order valence-corrected chi connectivity index (χ1v) is 5.57. The van der Waals surface area contributed by atoms with E-state index < -0.39 is 6.04 Å². The molecule has 0 aromatic rings. The van der Waals surface area contributed by atoms with E-state index in [1.54, 1.807) is 14.0 Å². The second-order valence-corrected chi connectivity index (χ2v) is 4.86. The van der Waals surface area contributed by atoms with Crippen molar-refractivity contribution >= 4 is 23.7 Å². The molecule has 3 unspecified atom stereocenters. The first kappa shape index (κ1) is 12.5. The zero-order valence-corrected chi connectivity index (χ0v) is 10.4. The molecule has 4 nitrogen and oxygen atoms in total. The number of hydrogen-bond acceptors (Lipinski definition) is 2. The van der Waals surface area contributed by atoms with Gasteiger partial charge in [0.25, 0.3) is 0 Å². The van der Waals surface area contributed by atoms with Gasteiger partial charge in [-0.3, -0.25) is 0 Å². The number of carbonyl (C=O) groups excluding carboxylic acids is 2. The average molecular weight is 234 g/mol. The Morgan fingerprint density at radius 3 is 2.40 bits per heavy atom. The van der Waals surface area contributed by atoms with Crippen LogP contribution in [0.5, 0.6) is 0 Å². The molecule has 0 aromatic heterocycles. The quantitative estimate of drug-likeness (QED) is 0.425. The predicted octanol–water partition coefficient (Wildman–Crippen LogP) is 1.98. The van der Waals surface area contributed by atoms with Crippen molar-refractivity contribution < 1.29 is 14.1 Å². The van der Waals surface area contributed by atoms with Crippen molar-refractivity contribution in [1.82, 2.24) is 4.42 Å². The highest BCUT2D eigenvalue weighted by atomic mass is 35.5. The molecule has 1 saturated heterocycles. The van der Waals surface area contributed by atoms with Crippen molar-refractivity contribution in [3.05, 3.63) is 0 Å². The fourth-order valence-electron chi connectivity index (χ4n) is 1.90. The van der Waals surface area contributed by atoms with Gasteiger partial charge in [0.1, 0.15) is 0 Å². The number of hydrogen-bond donors (Lipinski definition) is 0. The van der Waals surface area contributed by atoms with E-state index >= 15 is 0 Å². The molecule has 0 saturated carbocycles. The lowest BCUT2D eigenvalue weighted by Gasteiger charge is -2.25. The molecule has 0 aromatic carbocycles. The van der Waals surface area contributed by atoms with Gasteiger partial charge in [-0.15, -0.1) is 0 Å². The normalized spacial score (nSPS) is 33.7. The second kappa shape index (κ2) is 4.10. The fraction of sp³-hybridized carbons (Fsp3) is 0.800.